The summed E-state index contributed by atoms with van der Waals surface area (Å²) >= 11 is 1.60. The van der Waals surface area contributed by atoms with Crippen molar-refractivity contribution in [1.82, 2.24) is 9.71 Å². The third-order valence-electron chi connectivity index (χ3n) is 3.10. The zero-order valence-electron chi connectivity index (χ0n) is 8.99. The van der Waals surface area contributed by atoms with Crippen molar-refractivity contribution >= 4 is 21.6 Å². The van der Waals surface area contributed by atoms with Crippen molar-refractivity contribution in [3.63, 3.8) is 0 Å². The van der Waals surface area contributed by atoms with E-state index in [1.165, 1.54) is 4.88 Å². The minimum absolute atomic E-state index is 0.304. The fraction of sp³-hybridized carbons (Fsp3) is 0.455. The van der Waals surface area contributed by atoms with Gasteiger partial charge in [-0.15, -0.1) is 16.1 Å². The normalized spacial score (nSPS) is 14.6. The molecule has 84 valence electrons. The lowest BCUT2D eigenvalue weighted by molar-refractivity contribution is 0.163. The van der Waals surface area contributed by atoms with Crippen molar-refractivity contribution in [3.05, 3.63) is 26.6 Å². The summed E-state index contributed by atoms with van der Waals surface area (Å²) in [7, 11) is 0. The monoisotopic (exact) mass is 236 g/mol. The second-order valence-electron chi connectivity index (χ2n) is 4.04. The van der Waals surface area contributed by atoms with Crippen molar-refractivity contribution in [2.45, 2.75) is 32.6 Å². The summed E-state index contributed by atoms with van der Waals surface area (Å²) in [6.45, 7) is 1.88. The van der Waals surface area contributed by atoms with Crippen molar-refractivity contribution in [3.8, 4) is 0 Å². The van der Waals surface area contributed by atoms with E-state index in [0.717, 1.165) is 29.7 Å². The van der Waals surface area contributed by atoms with Crippen LogP contribution in [0.5, 0.6) is 0 Å². The quantitative estimate of drug-likeness (QED) is 0.767. The molecule has 2 aromatic heterocycles. The van der Waals surface area contributed by atoms with Gasteiger partial charge in [-0.2, -0.15) is 0 Å². The van der Waals surface area contributed by atoms with Crippen molar-refractivity contribution < 1.29 is 5.21 Å². The van der Waals surface area contributed by atoms with Crippen LogP contribution in [0.2, 0.25) is 0 Å². The molecule has 0 saturated carbocycles. The minimum atomic E-state index is -0.304. The number of aromatic nitrogens is 2. The van der Waals surface area contributed by atoms with Crippen molar-refractivity contribution in [2.24, 2.45) is 0 Å². The summed E-state index contributed by atoms with van der Waals surface area (Å²) in [4.78, 5) is 18.4. The molecule has 0 atom stereocenters. The largest absolute Gasteiger partial charge is 0.424 e. The first-order chi connectivity index (χ1) is 7.72. The molecule has 0 spiro atoms. The summed E-state index contributed by atoms with van der Waals surface area (Å²) in [5, 5.41) is 10.3. The molecule has 0 amide bonds. The van der Waals surface area contributed by atoms with Crippen LogP contribution < -0.4 is 5.56 Å². The lowest BCUT2D eigenvalue weighted by Crippen LogP contribution is -2.22. The molecular weight excluding hydrogens is 224 g/mol. The van der Waals surface area contributed by atoms with Gasteiger partial charge in [0.1, 0.15) is 10.7 Å². The Morgan fingerprint density at radius 1 is 1.50 bits per heavy atom. The highest BCUT2D eigenvalue weighted by molar-refractivity contribution is 7.18. The second-order valence-corrected chi connectivity index (χ2v) is 5.12. The first kappa shape index (κ1) is 9.84. The van der Waals surface area contributed by atoms with Crippen LogP contribution in [-0.4, -0.2) is 14.9 Å². The van der Waals surface area contributed by atoms with E-state index in [9.17, 15) is 10.0 Å². The van der Waals surface area contributed by atoms with Crippen LogP contribution in [0.15, 0.2) is 4.79 Å². The van der Waals surface area contributed by atoms with Crippen molar-refractivity contribution in [1.29, 1.82) is 0 Å². The third-order valence-corrected chi connectivity index (χ3v) is 4.29. The van der Waals surface area contributed by atoms with E-state index in [1.807, 2.05) is 6.92 Å². The molecule has 0 saturated heterocycles. The van der Waals surface area contributed by atoms with E-state index in [4.69, 9.17) is 0 Å². The van der Waals surface area contributed by atoms with E-state index in [-0.39, 0.29) is 5.56 Å². The highest BCUT2D eigenvalue weighted by atomic mass is 32.1. The Labute approximate surface area is 96.1 Å². The molecule has 0 aliphatic heterocycles. The molecule has 2 aromatic rings. The maximum absolute atomic E-state index is 12.0. The Kier molecular flexibility index (Phi) is 2.04. The first-order valence-corrected chi connectivity index (χ1v) is 6.29. The predicted octanol–water partition coefficient (Wildman–Crippen LogP) is 1.75. The van der Waals surface area contributed by atoms with E-state index in [2.05, 4.69) is 4.98 Å². The molecule has 1 N–H and O–H groups in total. The van der Waals surface area contributed by atoms with Crippen LogP contribution >= 0.6 is 11.3 Å². The third kappa shape index (κ3) is 1.15. The van der Waals surface area contributed by atoms with Crippen LogP contribution in [-0.2, 0) is 19.3 Å². The summed E-state index contributed by atoms with van der Waals surface area (Å²) in [5.74, 6) is 0.442. The second kappa shape index (κ2) is 3.31. The zero-order valence-corrected chi connectivity index (χ0v) is 9.80. The summed E-state index contributed by atoms with van der Waals surface area (Å²) in [6, 6.07) is 0. The number of fused-ring (bicyclic) bond motifs is 3. The van der Waals surface area contributed by atoms with Gasteiger partial charge in [0.05, 0.1) is 5.39 Å². The van der Waals surface area contributed by atoms with Crippen LogP contribution in [0.25, 0.3) is 10.2 Å². The molecule has 1 aliphatic rings. The number of hydrogen-bond donors (Lipinski definition) is 1. The predicted molar refractivity (Wildman–Crippen MR) is 62.5 cm³/mol. The van der Waals surface area contributed by atoms with E-state index in [1.54, 1.807) is 11.3 Å². The number of rotatable bonds is 1. The Balaban J connectivity index is 2.44. The maximum Gasteiger partial charge on any atom is 0.295 e. The zero-order chi connectivity index (χ0) is 11.3. The van der Waals surface area contributed by atoms with Gasteiger partial charge in [-0.3, -0.25) is 4.79 Å². The van der Waals surface area contributed by atoms with Gasteiger partial charge in [0.2, 0.25) is 0 Å². The molecule has 5 heteroatoms. The fourth-order valence-electron chi connectivity index (χ4n) is 2.31. The minimum Gasteiger partial charge on any atom is -0.424 e. The molecule has 0 aromatic carbocycles. The van der Waals surface area contributed by atoms with E-state index in [0.29, 0.717) is 22.4 Å². The fourth-order valence-corrected chi connectivity index (χ4v) is 3.58. The molecule has 1 aliphatic carbocycles. The van der Waals surface area contributed by atoms with Gasteiger partial charge in [-0.1, -0.05) is 6.92 Å². The van der Waals surface area contributed by atoms with Crippen LogP contribution in [0.3, 0.4) is 0 Å². The highest BCUT2D eigenvalue weighted by Crippen LogP contribution is 2.34. The van der Waals surface area contributed by atoms with Gasteiger partial charge in [0, 0.05) is 11.3 Å². The Morgan fingerprint density at radius 2 is 2.31 bits per heavy atom. The Bertz CT molecular complexity index is 627. The van der Waals surface area contributed by atoms with Crippen molar-refractivity contribution in [2.75, 3.05) is 0 Å². The number of nitrogens with zero attached hydrogens (tertiary/aromatic N) is 2. The molecule has 4 nitrogen and oxygen atoms in total. The van der Waals surface area contributed by atoms with Gasteiger partial charge >= 0.3 is 0 Å². The summed E-state index contributed by atoms with van der Waals surface area (Å²) in [6.07, 6.45) is 3.65. The van der Waals surface area contributed by atoms with E-state index >= 15 is 0 Å². The molecular formula is C11H12N2O2S. The van der Waals surface area contributed by atoms with Gasteiger partial charge in [0.15, 0.2) is 0 Å². The number of aryl methyl sites for hydroxylation is 3. The first-order valence-electron chi connectivity index (χ1n) is 5.47. The Hall–Kier alpha value is -1.36. The highest BCUT2D eigenvalue weighted by Gasteiger charge is 2.22. The molecule has 0 unspecified atom stereocenters. The SMILES string of the molecule is CCc1nc2sc3c(c2c(=O)n1O)CCC3. The lowest BCUT2D eigenvalue weighted by atomic mass is 10.2. The van der Waals surface area contributed by atoms with E-state index < -0.39 is 0 Å². The van der Waals surface area contributed by atoms with Crippen LogP contribution in [0, 0.1) is 0 Å². The standard InChI is InChI=1S/C11H12N2O2S/c1-2-8-12-10-9(11(14)13(8)15)6-4-3-5-7(6)16-10/h15H,2-5H2,1H3. The summed E-state index contributed by atoms with van der Waals surface area (Å²) in [5.41, 5.74) is 0.809. The van der Waals surface area contributed by atoms with Crippen LogP contribution in [0.1, 0.15) is 29.6 Å². The lowest BCUT2D eigenvalue weighted by Gasteiger charge is -2.03. The molecule has 2 heterocycles. The molecule has 16 heavy (non-hydrogen) atoms. The average Bonchev–Trinajstić information content (AvgIpc) is 2.82. The van der Waals surface area contributed by atoms with Gasteiger partial charge < -0.3 is 5.21 Å². The van der Waals surface area contributed by atoms with Crippen LogP contribution in [0.4, 0.5) is 0 Å². The number of thiophene rings is 1. The van der Waals surface area contributed by atoms with Gasteiger partial charge in [-0.25, -0.2) is 4.98 Å². The molecule has 0 fully saturated rings. The Morgan fingerprint density at radius 3 is 3.06 bits per heavy atom. The smallest absolute Gasteiger partial charge is 0.295 e. The van der Waals surface area contributed by atoms with Gasteiger partial charge in [-0.05, 0) is 24.8 Å². The molecule has 0 radical (unpaired) electrons. The molecule has 0 bridgehead atoms. The maximum atomic E-state index is 12.0. The summed E-state index contributed by atoms with van der Waals surface area (Å²) < 4.78 is 0.702. The average molecular weight is 236 g/mol. The van der Waals surface area contributed by atoms with Gasteiger partial charge in [0.25, 0.3) is 5.56 Å². The number of hydrogen-bond acceptors (Lipinski definition) is 4. The molecule has 3 rings (SSSR count). The topological polar surface area (TPSA) is 55.1 Å².